The summed E-state index contributed by atoms with van der Waals surface area (Å²) in [5, 5.41) is 21.7. The Labute approximate surface area is 121 Å². The molecule has 0 fully saturated rings. The standard InChI is InChI=1S/C15H17NO5/c1-8(17)7-16-14(19)6-12-9(2)11-4-3-10(18)5-13(11)21-15(12)20/h3-5,8,17-18H,6-7H2,1-2H3,(H,16,19)/t8-/m0/s1. The van der Waals surface area contributed by atoms with Crippen molar-refractivity contribution in [3.8, 4) is 5.75 Å². The van der Waals surface area contributed by atoms with Crippen molar-refractivity contribution >= 4 is 16.9 Å². The van der Waals surface area contributed by atoms with E-state index in [9.17, 15) is 14.7 Å². The third-order valence-electron chi connectivity index (χ3n) is 3.20. The Morgan fingerprint density at radius 3 is 2.81 bits per heavy atom. The number of fused-ring (bicyclic) bond motifs is 1. The highest BCUT2D eigenvalue weighted by Crippen LogP contribution is 2.23. The number of aromatic hydroxyl groups is 1. The molecule has 112 valence electrons. The van der Waals surface area contributed by atoms with Gasteiger partial charge in [-0.25, -0.2) is 4.79 Å². The molecular formula is C15H17NO5. The highest BCUT2D eigenvalue weighted by atomic mass is 16.4. The topological polar surface area (TPSA) is 99.8 Å². The predicted octanol–water partition coefficient (Wildman–Crippen LogP) is 0.847. The van der Waals surface area contributed by atoms with Gasteiger partial charge in [-0.2, -0.15) is 0 Å². The van der Waals surface area contributed by atoms with Gasteiger partial charge in [0.2, 0.25) is 5.91 Å². The van der Waals surface area contributed by atoms with Crippen LogP contribution in [-0.2, 0) is 11.2 Å². The van der Waals surface area contributed by atoms with Crippen LogP contribution in [0.25, 0.3) is 11.0 Å². The zero-order valence-electron chi connectivity index (χ0n) is 11.8. The van der Waals surface area contributed by atoms with Crippen LogP contribution in [0.2, 0.25) is 0 Å². The lowest BCUT2D eigenvalue weighted by atomic mass is 10.0. The van der Waals surface area contributed by atoms with Crippen molar-refractivity contribution in [2.75, 3.05) is 6.54 Å². The highest BCUT2D eigenvalue weighted by molar-refractivity contribution is 5.85. The maximum absolute atomic E-state index is 12.0. The number of aryl methyl sites for hydroxylation is 1. The Kier molecular flexibility index (Phi) is 4.28. The number of rotatable bonds is 4. The Morgan fingerprint density at radius 1 is 1.43 bits per heavy atom. The fourth-order valence-electron chi connectivity index (χ4n) is 2.07. The Bertz CT molecular complexity index is 733. The number of phenolic OH excluding ortho intramolecular Hbond substituents is 1. The molecular weight excluding hydrogens is 274 g/mol. The summed E-state index contributed by atoms with van der Waals surface area (Å²) >= 11 is 0. The summed E-state index contributed by atoms with van der Waals surface area (Å²) in [6, 6.07) is 4.49. The molecule has 0 saturated carbocycles. The molecule has 0 radical (unpaired) electrons. The van der Waals surface area contributed by atoms with Crippen LogP contribution in [0.5, 0.6) is 5.75 Å². The van der Waals surface area contributed by atoms with Gasteiger partial charge in [0.1, 0.15) is 11.3 Å². The number of benzene rings is 1. The van der Waals surface area contributed by atoms with E-state index >= 15 is 0 Å². The molecule has 21 heavy (non-hydrogen) atoms. The predicted molar refractivity (Wildman–Crippen MR) is 77.3 cm³/mol. The van der Waals surface area contributed by atoms with Gasteiger partial charge in [-0.1, -0.05) is 0 Å². The van der Waals surface area contributed by atoms with Crippen LogP contribution in [0.3, 0.4) is 0 Å². The number of aliphatic hydroxyl groups is 1. The first-order valence-electron chi connectivity index (χ1n) is 6.58. The molecule has 0 unspecified atom stereocenters. The highest BCUT2D eigenvalue weighted by Gasteiger charge is 2.15. The summed E-state index contributed by atoms with van der Waals surface area (Å²) in [6.07, 6.45) is -0.761. The van der Waals surface area contributed by atoms with Gasteiger partial charge < -0.3 is 19.9 Å². The Hall–Kier alpha value is -2.34. The monoisotopic (exact) mass is 291 g/mol. The molecule has 0 aliphatic rings. The van der Waals surface area contributed by atoms with Crippen LogP contribution in [-0.4, -0.2) is 28.8 Å². The smallest absolute Gasteiger partial charge is 0.340 e. The van der Waals surface area contributed by atoms with E-state index in [0.717, 1.165) is 0 Å². The Morgan fingerprint density at radius 2 is 2.14 bits per heavy atom. The molecule has 1 aromatic carbocycles. The largest absolute Gasteiger partial charge is 0.508 e. The summed E-state index contributed by atoms with van der Waals surface area (Å²) < 4.78 is 5.14. The summed E-state index contributed by atoms with van der Waals surface area (Å²) in [7, 11) is 0. The molecule has 0 aliphatic heterocycles. The van der Waals surface area contributed by atoms with E-state index in [4.69, 9.17) is 9.52 Å². The minimum atomic E-state index is -0.647. The molecule has 6 heteroatoms. The van der Waals surface area contributed by atoms with Crippen LogP contribution >= 0.6 is 0 Å². The molecule has 0 aliphatic carbocycles. The number of phenols is 1. The zero-order chi connectivity index (χ0) is 15.6. The van der Waals surface area contributed by atoms with Gasteiger partial charge >= 0.3 is 5.63 Å². The second kappa shape index (κ2) is 5.97. The molecule has 1 heterocycles. The zero-order valence-corrected chi connectivity index (χ0v) is 11.8. The quantitative estimate of drug-likeness (QED) is 0.725. The molecule has 1 aromatic heterocycles. The first kappa shape index (κ1) is 15.1. The minimum Gasteiger partial charge on any atom is -0.508 e. The van der Waals surface area contributed by atoms with Gasteiger partial charge in [0, 0.05) is 18.0 Å². The second-order valence-corrected chi connectivity index (χ2v) is 5.00. The van der Waals surface area contributed by atoms with Crippen LogP contribution < -0.4 is 10.9 Å². The van der Waals surface area contributed by atoms with Crippen molar-refractivity contribution in [2.24, 2.45) is 0 Å². The summed E-state index contributed by atoms with van der Waals surface area (Å²) in [4.78, 5) is 23.7. The lowest BCUT2D eigenvalue weighted by Gasteiger charge is -2.09. The number of hydrogen-bond donors (Lipinski definition) is 3. The van der Waals surface area contributed by atoms with Crippen molar-refractivity contribution in [1.29, 1.82) is 0 Å². The molecule has 3 N–H and O–H groups in total. The number of aliphatic hydroxyl groups excluding tert-OH is 1. The third kappa shape index (κ3) is 3.41. The molecule has 2 rings (SSSR count). The molecule has 2 aromatic rings. The van der Waals surface area contributed by atoms with Gasteiger partial charge in [0.25, 0.3) is 0 Å². The molecule has 1 atom stereocenters. The molecule has 0 saturated heterocycles. The minimum absolute atomic E-state index is 0.00692. The number of carbonyl (C=O) groups excluding carboxylic acids is 1. The summed E-state index contributed by atoms with van der Waals surface area (Å²) in [5.41, 5.74) is 0.605. The lowest BCUT2D eigenvalue weighted by molar-refractivity contribution is -0.120. The van der Waals surface area contributed by atoms with E-state index in [1.807, 2.05) is 0 Å². The van der Waals surface area contributed by atoms with Crippen LogP contribution in [0.1, 0.15) is 18.1 Å². The molecule has 0 bridgehead atoms. The molecule has 6 nitrogen and oxygen atoms in total. The molecule has 0 spiro atoms. The number of amides is 1. The first-order chi connectivity index (χ1) is 9.88. The van der Waals surface area contributed by atoms with Gasteiger partial charge in [-0.05, 0) is 31.5 Å². The van der Waals surface area contributed by atoms with Crippen LogP contribution in [0, 0.1) is 6.92 Å². The summed E-state index contributed by atoms with van der Waals surface area (Å²) in [5.74, 6) is -0.350. The van der Waals surface area contributed by atoms with Crippen LogP contribution in [0.15, 0.2) is 27.4 Å². The van der Waals surface area contributed by atoms with Crippen LogP contribution in [0.4, 0.5) is 0 Å². The van der Waals surface area contributed by atoms with E-state index in [1.54, 1.807) is 19.9 Å². The SMILES string of the molecule is Cc1c(CC(=O)NC[C@H](C)O)c(=O)oc2cc(O)ccc12. The number of hydrogen-bond acceptors (Lipinski definition) is 5. The lowest BCUT2D eigenvalue weighted by Crippen LogP contribution is -2.33. The molecule has 1 amide bonds. The maximum atomic E-state index is 12.0. The van der Waals surface area contributed by atoms with Crippen molar-refractivity contribution in [2.45, 2.75) is 26.4 Å². The fourth-order valence-corrected chi connectivity index (χ4v) is 2.07. The first-order valence-corrected chi connectivity index (χ1v) is 6.58. The Balaban J connectivity index is 2.34. The second-order valence-electron chi connectivity index (χ2n) is 5.00. The summed E-state index contributed by atoms with van der Waals surface area (Å²) in [6.45, 7) is 3.42. The fraction of sp³-hybridized carbons (Fsp3) is 0.333. The van der Waals surface area contributed by atoms with Crippen molar-refractivity contribution in [3.63, 3.8) is 0 Å². The maximum Gasteiger partial charge on any atom is 0.340 e. The van der Waals surface area contributed by atoms with E-state index < -0.39 is 11.7 Å². The van der Waals surface area contributed by atoms with E-state index in [0.29, 0.717) is 10.9 Å². The van der Waals surface area contributed by atoms with E-state index in [1.165, 1.54) is 12.1 Å². The average molecular weight is 291 g/mol. The number of nitrogens with one attached hydrogen (secondary N) is 1. The van der Waals surface area contributed by atoms with Crippen molar-refractivity contribution < 1.29 is 19.4 Å². The normalized spacial score (nSPS) is 12.3. The van der Waals surface area contributed by atoms with E-state index in [-0.39, 0.29) is 35.8 Å². The van der Waals surface area contributed by atoms with E-state index in [2.05, 4.69) is 5.32 Å². The van der Waals surface area contributed by atoms with Crippen molar-refractivity contribution in [1.82, 2.24) is 5.32 Å². The average Bonchev–Trinajstić information content (AvgIpc) is 2.40. The van der Waals surface area contributed by atoms with Gasteiger partial charge in [0.05, 0.1) is 18.1 Å². The third-order valence-corrected chi connectivity index (χ3v) is 3.20. The number of carbonyl (C=O) groups is 1. The van der Waals surface area contributed by atoms with Crippen molar-refractivity contribution in [3.05, 3.63) is 39.7 Å². The van der Waals surface area contributed by atoms with Gasteiger partial charge in [0.15, 0.2) is 0 Å². The van der Waals surface area contributed by atoms with Gasteiger partial charge in [-0.3, -0.25) is 4.79 Å². The van der Waals surface area contributed by atoms with Gasteiger partial charge in [-0.15, -0.1) is 0 Å².